The quantitative estimate of drug-likeness (QED) is 0.916. The Kier molecular flexibility index (Phi) is 4.13. The van der Waals surface area contributed by atoms with Crippen LogP contribution < -0.4 is 10.5 Å². The van der Waals surface area contributed by atoms with Crippen molar-refractivity contribution in [3.63, 3.8) is 0 Å². The predicted molar refractivity (Wildman–Crippen MR) is 80.8 cm³/mol. The smallest absolute Gasteiger partial charge is 0.124 e. The molecule has 0 aliphatic rings. The molecule has 0 aromatic heterocycles. The summed E-state index contributed by atoms with van der Waals surface area (Å²) < 4.78 is 5.38. The summed E-state index contributed by atoms with van der Waals surface area (Å²) in [7, 11) is 1.69. The van der Waals surface area contributed by atoms with E-state index in [1.54, 1.807) is 7.11 Å². The summed E-state index contributed by atoms with van der Waals surface area (Å²) in [4.78, 5) is 0. The predicted octanol–water partition coefficient (Wildman–Crippen LogP) is 4.09. The number of aryl methyl sites for hydroxylation is 2. The topological polar surface area (TPSA) is 35.2 Å². The summed E-state index contributed by atoms with van der Waals surface area (Å²) in [6, 6.07) is 10.1. The van der Waals surface area contributed by atoms with Gasteiger partial charge in [0.05, 0.1) is 7.11 Å². The molecule has 0 amide bonds. The summed E-state index contributed by atoms with van der Waals surface area (Å²) in [5.41, 5.74) is 11.0. The average molecular weight is 276 g/mol. The molecule has 19 heavy (non-hydrogen) atoms. The zero-order chi connectivity index (χ0) is 14.0. The van der Waals surface area contributed by atoms with Crippen LogP contribution in [0, 0.1) is 13.8 Å². The lowest BCUT2D eigenvalue weighted by molar-refractivity contribution is 0.408. The van der Waals surface area contributed by atoms with Gasteiger partial charge in [-0.05, 0) is 54.3 Å². The molecule has 100 valence electrons. The van der Waals surface area contributed by atoms with Crippen LogP contribution in [0.4, 0.5) is 0 Å². The molecule has 0 saturated heterocycles. The van der Waals surface area contributed by atoms with Crippen molar-refractivity contribution < 1.29 is 4.74 Å². The fourth-order valence-corrected chi connectivity index (χ4v) is 2.66. The minimum Gasteiger partial charge on any atom is -0.496 e. The second-order valence-corrected chi connectivity index (χ2v) is 5.07. The molecule has 0 aliphatic carbocycles. The standard InChI is InChI=1S/C16H18ClNO/c1-10-6-13(7-11(2)16(10)19-3)14-5-4-12(9-18)8-15(14)17/h4-8H,9,18H2,1-3H3. The lowest BCUT2D eigenvalue weighted by Gasteiger charge is -2.13. The van der Waals surface area contributed by atoms with Gasteiger partial charge in [-0.3, -0.25) is 0 Å². The normalized spacial score (nSPS) is 10.6. The largest absolute Gasteiger partial charge is 0.496 e. The lowest BCUT2D eigenvalue weighted by Crippen LogP contribution is -1.96. The fraction of sp³-hybridized carbons (Fsp3) is 0.250. The Morgan fingerprint density at radius 3 is 2.21 bits per heavy atom. The van der Waals surface area contributed by atoms with E-state index < -0.39 is 0 Å². The molecular formula is C16H18ClNO. The Morgan fingerprint density at radius 2 is 1.74 bits per heavy atom. The van der Waals surface area contributed by atoms with Crippen LogP contribution in [0.2, 0.25) is 5.02 Å². The molecule has 0 unspecified atom stereocenters. The number of ether oxygens (including phenoxy) is 1. The minimum atomic E-state index is 0.501. The molecule has 2 N–H and O–H groups in total. The summed E-state index contributed by atoms with van der Waals surface area (Å²) >= 11 is 6.33. The monoisotopic (exact) mass is 275 g/mol. The van der Waals surface area contributed by atoms with Crippen molar-refractivity contribution in [1.29, 1.82) is 0 Å². The number of rotatable bonds is 3. The maximum atomic E-state index is 6.33. The Bertz CT molecular complexity index is 585. The molecule has 2 rings (SSSR count). The van der Waals surface area contributed by atoms with E-state index in [9.17, 15) is 0 Å². The van der Waals surface area contributed by atoms with E-state index in [4.69, 9.17) is 22.1 Å². The van der Waals surface area contributed by atoms with Crippen LogP contribution in [0.15, 0.2) is 30.3 Å². The second-order valence-electron chi connectivity index (χ2n) is 4.66. The van der Waals surface area contributed by atoms with Gasteiger partial charge in [0.2, 0.25) is 0 Å². The van der Waals surface area contributed by atoms with Crippen molar-refractivity contribution in [2.45, 2.75) is 20.4 Å². The Morgan fingerprint density at radius 1 is 1.11 bits per heavy atom. The van der Waals surface area contributed by atoms with Crippen molar-refractivity contribution >= 4 is 11.6 Å². The van der Waals surface area contributed by atoms with Crippen molar-refractivity contribution in [1.82, 2.24) is 0 Å². The molecule has 0 bridgehead atoms. The molecule has 3 heteroatoms. The highest BCUT2D eigenvalue weighted by molar-refractivity contribution is 6.33. The summed E-state index contributed by atoms with van der Waals surface area (Å²) in [5.74, 6) is 0.929. The average Bonchev–Trinajstić information content (AvgIpc) is 2.38. The van der Waals surface area contributed by atoms with Crippen molar-refractivity contribution in [3.05, 3.63) is 52.0 Å². The van der Waals surface area contributed by atoms with Crippen LogP contribution in [-0.2, 0) is 6.54 Å². The van der Waals surface area contributed by atoms with E-state index in [1.807, 2.05) is 32.0 Å². The highest BCUT2D eigenvalue weighted by Crippen LogP contribution is 2.33. The highest BCUT2D eigenvalue weighted by Gasteiger charge is 2.09. The highest BCUT2D eigenvalue weighted by atomic mass is 35.5. The maximum absolute atomic E-state index is 6.33. The summed E-state index contributed by atoms with van der Waals surface area (Å²) in [6.07, 6.45) is 0. The maximum Gasteiger partial charge on any atom is 0.124 e. The van der Waals surface area contributed by atoms with Gasteiger partial charge >= 0.3 is 0 Å². The van der Waals surface area contributed by atoms with Gasteiger partial charge in [0.15, 0.2) is 0 Å². The second kappa shape index (κ2) is 5.64. The van der Waals surface area contributed by atoms with Crippen LogP contribution in [-0.4, -0.2) is 7.11 Å². The minimum absolute atomic E-state index is 0.501. The summed E-state index contributed by atoms with van der Waals surface area (Å²) in [5, 5.41) is 0.729. The number of benzene rings is 2. The van der Waals surface area contributed by atoms with Gasteiger partial charge in [0.1, 0.15) is 5.75 Å². The zero-order valence-electron chi connectivity index (χ0n) is 11.5. The van der Waals surface area contributed by atoms with E-state index in [-0.39, 0.29) is 0 Å². The molecular weight excluding hydrogens is 258 g/mol. The first-order valence-corrected chi connectivity index (χ1v) is 6.58. The third-order valence-corrected chi connectivity index (χ3v) is 3.56. The zero-order valence-corrected chi connectivity index (χ0v) is 12.2. The Hall–Kier alpha value is -1.51. The molecule has 0 spiro atoms. The number of hydrogen-bond acceptors (Lipinski definition) is 2. The van der Waals surface area contributed by atoms with E-state index in [0.29, 0.717) is 6.54 Å². The number of nitrogens with two attached hydrogens (primary N) is 1. The van der Waals surface area contributed by atoms with Crippen LogP contribution in [0.25, 0.3) is 11.1 Å². The molecule has 0 saturated carbocycles. The lowest BCUT2D eigenvalue weighted by atomic mass is 9.98. The third-order valence-electron chi connectivity index (χ3n) is 3.24. The number of halogens is 1. The van der Waals surface area contributed by atoms with Gasteiger partial charge in [-0.2, -0.15) is 0 Å². The van der Waals surface area contributed by atoms with Crippen LogP contribution >= 0.6 is 11.6 Å². The summed E-state index contributed by atoms with van der Waals surface area (Å²) in [6.45, 7) is 4.58. The Labute approximate surface area is 119 Å². The first-order valence-electron chi connectivity index (χ1n) is 6.21. The van der Waals surface area contributed by atoms with Gasteiger partial charge in [-0.15, -0.1) is 0 Å². The van der Waals surface area contributed by atoms with Crippen LogP contribution in [0.1, 0.15) is 16.7 Å². The molecule has 2 aromatic carbocycles. The Balaban J connectivity index is 2.53. The van der Waals surface area contributed by atoms with Gasteiger partial charge in [-0.1, -0.05) is 23.7 Å². The molecule has 0 heterocycles. The molecule has 2 aromatic rings. The molecule has 0 fully saturated rings. The van der Waals surface area contributed by atoms with Gasteiger partial charge in [0.25, 0.3) is 0 Å². The molecule has 0 atom stereocenters. The van der Waals surface area contributed by atoms with Crippen molar-refractivity contribution in [2.24, 2.45) is 5.73 Å². The first kappa shape index (κ1) is 13.9. The van der Waals surface area contributed by atoms with Crippen molar-refractivity contribution in [2.75, 3.05) is 7.11 Å². The van der Waals surface area contributed by atoms with E-state index in [0.717, 1.165) is 38.6 Å². The van der Waals surface area contributed by atoms with Crippen molar-refractivity contribution in [3.8, 4) is 16.9 Å². The van der Waals surface area contributed by atoms with Gasteiger partial charge in [0, 0.05) is 17.1 Å². The van der Waals surface area contributed by atoms with Gasteiger partial charge in [-0.25, -0.2) is 0 Å². The number of methoxy groups -OCH3 is 1. The van der Waals surface area contributed by atoms with Crippen LogP contribution in [0.5, 0.6) is 5.75 Å². The van der Waals surface area contributed by atoms with E-state index in [2.05, 4.69) is 12.1 Å². The molecule has 0 radical (unpaired) electrons. The molecule has 0 aliphatic heterocycles. The third kappa shape index (κ3) is 2.75. The fourth-order valence-electron chi connectivity index (χ4n) is 2.35. The van der Waals surface area contributed by atoms with Gasteiger partial charge < -0.3 is 10.5 Å². The van der Waals surface area contributed by atoms with E-state index >= 15 is 0 Å². The SMILES string of the molecule is COc1c(C)cc(-c2ccc(CN)cc2Cl)cc1C. The molecule has 2 nitrogen and oxygen atoms in total. The van der Waals surface area contributed by atoms with E-state index in [1.165, 1.54) is 0 Å². The number of hydrogen-bond donors (Lipinski definition) is 1. The first-order chi connectivity index (χ1) is 9.06. The van der Waals surface area contributed by atoms with Crippen LogP contribution in [0.3, 0.4) is 0 Å².